The topological polar surface area (TPSA) is 84.2 Å². The first kappa shape index (κ1) is 14.2. The molecule has 0 unspecified atom stereocenters. The summed E-state index contributed by atoms with van der Waals surface area (Å²) in [4.78, 5) is 22.7. The molecule has 0 fully saturated rings. The van der Waals surface area contributed by atoms with Crippen molar-refractivity contribution in [2.24, 2.45) is 5.73 Å². The van der Waals surface area contributed by atoms with Crippen LogP contribution in [0.2, 0.25) is 0 Å². The van der Waals surface area contributed by atoms with Gasteiger partial charge in [0.2, 0.25) is 5.91 Å². The summed E-state index contributed by atoms with van der Waals surface area (Å²) in [6.45, 7) is 3.18. The standard InChI is InChI=1S/C13H19N3O2/c1-2-12(17)16-9-10-3-5-11(6-4-10)13(18)15-8-7-14/h3-6H,2,7-9,14H2,1H3,(H,15,18)(H,16,17). The summed E-state index contributed by atoms with van der Waals surface area (Å²) in [5, 5.41) is 5.47. The van der Waals surface area contributed by atoms with Gasteiger partial charge in [0.05, 0.1) is 0 Å². The zero-order chi connectivity index (χ0) is 13.4. The molecule has 0 atom stereocenters. The maximum Gasteiger partial charge on any atom is 0.251 e. The zero-order valence-electron chi connectivity index (χ0n) is 10.5. The summed E-state index contributed by atoms with van der Waals surface area (Å²) in [7, 11) is 0. The first-order chi connectivity index (χ1) is 8.67. The molecule has 0 bridgehead atoms. The molecule has 18 heavy (non-hydrogen) atoms. The first-order valence-corrected chi connectivity index (χ1v) is 6.01. The van der Waals surface area contributed by atoms with E-state index in [4.69, 9.17) is 5.73 Å². The minimum Gasteiger partial charge on any atom is -0.352 e. The van der Waals surface area contributed by atoms with Gasteiger partial charge in [-0.15, -0.1) is 0 Å². The molecule has 5 heteroatoms. The number of carbonyl (C=O) groups is 2. The van der Waals surface area contributed by atoms with Crippen LogP contribution in [0.25, 0.3) is 0 Å². The van der Waals surface area contributed by atoms with Gasteiger partial charge >= 0.3 is 0 Å². The maximum absolute atomic E-state index is 11.6. The molecule has 0 saturated carbocycles. The van der Waals surface area contributed by atoms with Crippen LogP contribution >= 0.6 is 0 Å². The Bertz CT molecular complexity index is 401. The van der Waals surface area contributed by atoms with Crippen LogP contribution in [0.4, 0.5) is 0 Å². The quantitative estimate of drug-likeness (QED) is 0.682. The van der Waals surface area contributed by atoms with Gasteiger partial charge in [-0.2, -0.15) is 0 Å². The Hall–Kier alpha value is -1.88. The summed E-state index contributed by atoms with van der Waals surface area (Å²) in [5.41, 5.74) is 6.86. The third-order valence-corrected chi connectivity index (χ3v) is 2.46. The average Bonchev–Trinajstić information content (AvgIpc) is 2.42. The number of amides is 2. The fourth-order valence-electron chi connectivity index (χ4n) is 1.39. The zero-order valence-corrected chi connectivity index (χ0v) is 10.5. The van der Waals surface area contributed by atoms with Crippen LogP contribution in [-0.2, 0) is 11.3 Å². The molecule has 1 aromatic carbocycles. The molecule has 0 aromatic heterocycles. The van der Waals surface area contributed by atoms with Gasteiger partial charge in [-0.25, -0.2) is 0 Å². The molecular weight excluding hydrogens is 230 g/mol. The van der Waals surface area contributed by atoms with Gasteiger partial charge in [0.1, 0.15) is 0 Å². The third kappa shape index (κ3) is 4.55. The highest BCUT2D eigenvalue weighted by atomic mass is 16.2. The Labute approximate surface area is 107 Å². The average molecular weight is 249 g/mol. The molecule has 0 spiro atoms. The molecular formula is C13H19N3O2. The lowest BCUT2D eigenvalue weighted by Crippen LogP contribution is -2.29. The predicted octanol–water partition coefficient (Wildman–Crippen LogP) is 0.401. The lowest BCUT2D eigenvalue weighted by Gasteiger charge is -2.06. The van der Waals surface area contributed by atoms with Gasteiger partial charge in [-0.05, 0) is 17.7 Å². The van der Waals surface area contributed by atoms with Gasteiger partial charge in [-0.1, -0.05) is 19.1 Å². The van der Waals surface area contributed by atoms with Crippen LogP contribution in [-0.4, -0.2) is 24.9 Å². The van der Waals surface area contributed by atoms with Crippen LogP contribution in [0.15, 0.2) is 24.3 Å². The number of carbonyl (C=O) groups excluding carboxylic acids is 2. The smallest absolute Gasteiger partial charge is 0.251 e. The Kier molecular flexibility index (Phi) is 5.87. The molecule has 4 N–H and O–H groups in total. The fraction of sp³-hybridized carbons (Fsp3) is 0.385. The van der Waals surface area contributed by atoms with Crippen molar-refractivity contribution in [3.8, 4) is 0 Å². The third-order valence-electron chi connectivity index (χ3n) is 2.46. The molecule has 0 aliphatic rings. The van der Waals surface area contributed by atoms with Crippen molar-refractivity contribution in [1.29, 1.82) is 0 Å². The van der Waals surface area contributed by atoms with Gasteiger partial charge in [-0.3, -0.25) is 9.59 Å². The number of hydrogen-bond acceptors (Lipinski definition) is 3. The second kappa shape index (κ2) is 7.45. The number of benzene rings is 1. The summed E-state index contributed by atoms with van der Waals surface area (Å²) in [5.74, 6) is -0.121. The van der Waals surface area contributed by atoms with E-state index >= 15 is 0 Å². The van der Waals surface area contributed by atoms with Crippen molar-refractivity contribution in [2.45, 2.75) is 19.9 Å². The molecule has 1 rings (SSSR count). The van der Waals surface area contributed by atoms with Gasteiger partial charge < -0.3 is 16.4 Å². The molecule has 1 aromatic rings. The first-order valence-electron chi connectivity index (χ1n) is 6.01. The van der Waals surface area contributed by atoms with Crippen molar-refractivity contribution in [3.05, 3.63) is 35.4 Å². The van der Waals surface area contributed by atoms with Crippen LogP contribution in [0, 0.1) is 0 Å². The lowest BCUT2D eigenvalue weighted by atomic mass is 10.1. The molecule has 0 saturated heterocycles. The Morgan fingerprint density at radius 1 is 1.17 bits per heavy atom. The van der Waals surface area contributed by atoms with E-state index in [9.17, 15) is 9.59 Å². The maximum atomic E-state index is 11.6. The normalized spacial score (nSPS) is 9.89. The van der Waals surface area contributed by atoms with E-state index < -0.39 is 0 Å². The second-order valence-electron chi connectivity index (χ2n) is 3.87. The molecule has 0 heterocycles. The van der Waals surface area contributed by atoms with E-state index in [2.05, 4.69) is 10.6 Å². The van der Waals surface area contributed by atoms with E-state index in [1.165, 1.54) is 0 Å². The summed E-state index contributed by atoms with van der Waals surface area (Å²) < 4.78 is 0. The highest BCUT2D eigenvalue weighted by molar-refractivity contribution is 5.94. The molecule has 0 aliphatic heterocycles. The van der Waals surface area contributed by atoms with E-state index in [1.54, 1.807) is 19.1 Å². The second-order valence-corrected chi connectivity index (χ2v) is 3.87. The minimum atomic E-state index is -0.135. The van der Waals surface area contributed by atoms with E-state index in [-0.39, 0.29) is 11.8 Å². The molecule has 0 radical (unpaired) electrons. The number of nitrogens with two attached hydrogens (primary N) is 1. The molecule has 98 valence electrons. The molecule has 5 nitrogen and oxygen atoms in total. The number of rotatable bonds is 6. The van der Waals surface area contributed by atoms with Crippen LogP contribution in [0.3, 0.4) is 0 Å². The lowest BCUT2D eigenvalue weighted by molar-refractivity contribution is -0.120. The summed E-state index contributed by atoms with van der Waals surface area (Å²) in [6.07, 6.45) is 0.472. The summed E-state index contributed by atoms with van der Waals surface area (Å²) >= 11 is 0. The van der Waals surface area contributed by atoms with E-state index in [1.807, 2.05) is 12.1 Å². The number of hydrogen-bond donors (Lipinski definition) is 3. The Balaban J connectivity index is 2.51. The van der Waals surface area contributed by atoms with Crippen molar-refractivity contribution < 1.29 is 9.59 Å². The van der Waals surface area contributed by atoms with Crippen molar-refractivity contribution in [3.63, 3.8) is 0 Å². The van der Waals surface area contributed by atoms with Gasteiger partial charge in [0.25, 0.3) is 5.91 Å². The Morgan fingerprint density at radius 2 is 1.83 bits per heavy atom. The Morgan fingerprint density at radius 3 is 2.39 bits per heavy atom. The van der Waals surface area contributed by atoms with Gasteiger partial charge in [0.15, 0.2) is 0 Å². The molecule has 0 aliphatic carbocycles. The largest absolute Gasteiger partial charge is 0.352 e. The van der Waals surface area contributed by atoms with Crippen LogP contribution in [0.1, 0.15) is 29.3 Å². The SMILES string of the molecule is CCC(=O)NCc1ccc(C(=O)NCCN)cc1. The predicted molar refractivity (Wildman–Crippen MR) is 70.0 cm³/mol. The van der Waals surface area contributed by atoms with Crippen molar-refractivity contribution >= 4 is 11.8 Å². The molecule has 2 amide bonds. The van der Waals surface area contributed by atoms with Crippen LogP contribution < -0.4 is 16.4 Å². The highest BCUT2D eigenvalue weighted by Gasteiger charge is 2.04. The summed E-state index contributed by atoms with van der Waals surface area (Å²) in [6, 6.07) is 7.12. The van der Waals surface area contributed by atoms with E-state index in [0.717, 1.165) is 5.56 Å². The highest BCUT2D eigenvalue weighted by Crippen LogP contribution is 2.04. The van der Waals surface area contributed by atoms with Crippen LogP contribution in [0.5, 0.6) is 0 Å². The minimum absolute atomic E-state index is 0.0137. The fourth-order valence-corrected chi connectivity index (χ4v) is 1.39. The monoisotopic (exact) mass is 249 g/mol. The van der Waals surface area contributed by atoms with E-state index in [0.29, 0.717) is 31.6 Å². The van der Waals surface area contributed by atoms with Crippen molar-refractivity contribution in [2.75, 3.05) is 13.1 Å². The van der Waals surface area contributed by atoms with Gasteiger partial charge in [0, 0.05) is 31.6 Å². The van der Waals surface area contributed by atoms with Crippen molar-refractivity contribution in [1.82, 2.24) is 10.6 Å². The number of nitrogens with one attached hydrogen (secondary N) is 2.